The zero-order chi connectivity index (χ0) is 26.1. The van der Waals surface area contributed by atoms with E-state index < -0.39 is 6.03 Å². The molecule has 2 amide bonds. The number of anilines is 3. The first-order chi connectivity index (χ1) is 17.4. The minimum atomic E-state index is -0.413. The number of hydrogen-bond acceptors (Lipinski definition) is 7. The highest BCUT2D eigenvalue weighted by atomic mass is 16.5. The smallest absolute Gasteiger partial charge is 0.323 e. The summed E-state index contributed by atoms with van der Waals surface area (Å²) in [6, 6.07) is 14.3. The average Bonchev–Trinajstić information content (AvgIpc) is 2.88. The van der Waals surface area contributed by atoms with Crippen LogP contribution in [0.2, 0.25) is 0 Å². The van der Waals surface area contributed by atoms with E-state index >= 15 is 0 Å². The fourth-order valence-electron chi connectivity index (χ4n) is 4.30. The number of benzene rings is 2. The Kier molecular flexibility index (Phi) is 9.68. The molecule has 2 N–H and O–H groups in total. The number of methoxy groups -OCH3 is 2. The van der Waals surface area contributed by atoms with Gasteiger partial charge >= 0.3 is 12.0 Å². The molecule has 0 spiro atoms. The van der Waals surface area contributed by atoms with Gasteiger partial charge in [-0.05, 0) is 47.9 Å². The van der Waals surface area contributed by atoms with Crippen molar-refractivity contribution >= 4 is 29.1 Å². The second kappa shape index (κ2) is 12.9. The molecule has 1 unspecified atom stereocenters. The molecular formula is C27H34N4O5. The van der Waals surface area contributed by atoms with E-state index in [1.807, 2.05) is 18.2 Å². The third-order valence-corrected chi connectivity index (χ3v) is 6.27. The third kappa shape index (κ3) is 6.97. The Bertz CT molecular complexity index is 1080. The lowest BCUT2D eigenvalue weighted by atomic mass is 9.94. The quantitative estimate of drug-likeness (QED) is 0.498. The highest BCUT2D eigenvalue weighted by molar-refractivity contribution is 6.02. The van der Waals surface area contributed by atoms with Gasteiger partial charge in [-0.1, -0.05) is 19.9 Å². The number of ether oxygens (including phenoxy) is 3. The molecule has 0 aliphatic carbocycles. The molecule has 1 heterocycles. The van der Waals surface area contributed by atoms with E-state index in [9.17, 15) is 9.59 Å². The Morgan fingerprint density at radius 1 is 1.17 bits per heavy atom. The van der Waals surface area contributed by atoms with Gasteiger partial charge in [-0.3, -0.25) is 4.79 Å². The van der Waals surface area contributed by atoms with E-state index in [-0.39, 0.29) is 24.3 Å². The number of rotatable bonds is 9. The first kappa shape index (κ1) is 27.0. The van der Waals surface area contributed by atoms with Crippen LogP contribution in [0.1, 0.15) is 37.3 Å². The number of morpholine rings is 1. The van der Waals surface area contributed by atoms with Crippen molar-refractivity contribution in [1.82, 2.24) is 0 Å². The fourth-order valence-corrected chi connectivity index (χ4v) is 4.30. The number of hydrogen-bond donors (Lipinski definition) is 2. The molecule has 1 saturated heterocycles. The molecule has 2 aromatic rings. The molecule has 0 radical (unpaired) electrons. The van der Waals surface area contributed by atoms with Crippen LogP contribution in [0.4, 0.5) is 21.9 Å². The fraction of sp³-hybridized carbons (Fsp3) is 0.444. The standard InChI is InChI=1S/C27H34N4O5/c1-18(2)25-17-36-12-11-31(25)24-10-7-20(21(16-34-3)14-26(32)35-4)13-23(24)30-27(33)29-22-8-5-19(15-28)6-9-22/h5-10,13,18,21,25H,11-12,14,16-17H2,1-4H3,(H2,29,30,33)/t21?,25-/m1/s1. The second-order valence-corrected chi connectivity index (χ2v) is 9.06. The Morgan fingerprint density at radius 2 is 1.92 bits per heavy atom. The molecule has 1 aliphatic rings. The van der Waals surface area contributed by atoms with E-state index in [1.54, 1.807) is 31.4 Å². The summed E-state index contributed by atoms with van der Waals surface area (Å²) in [6.45, 7) is 6.52. The van der Waals surface area contributed by atoms with Gasteiger partial charge in [-0.15, -0.1) is 0 Å². The van der Waals surface area contributed by atoms with Crippen molar-refractivity contribution in [3.63, 3.8) is 0 Å². The molecule has 9 nitrogen and oxygen atoms in total. The Hall–Kier alpha value is -3.61. The van der Waals surface area contributed by atoms with Crippen LogP contribution < -0.4 is 15.5 Å². The van der Waals surface area contributed by atoms with Crippen LogP contribution in [0.25, 0.3) is 0 Å². The van der Waals surface area contributed by atoms with Crippen LogP contribution in [0, 0.1) is 17.2 Å². The van der Waals surface area contributed by atoms with E-state index in [2.05, 4.69) is 35.5 Å². The van der Waals surface area contributed by atoms with Crippen molar-refractivity contribution in [2.24, 2.45) is 5.92 Å². The average molecular weight is 495 g/mol. The Labute approximate surface area is 212 Å². The second-order valence-electron chi connectivity index (χ2n) is 9.06. The van der Waals surface area contributed by atoms with Crippen LogP contribution in [-0.4, -0.2) is 58.6 Å². The number of urea groups is 1. The number of carbonyl (C=O) groups is 2. The van der Waals surface area contributed by atoms with Crippen LogP contribution in [0.3, 0.4) is 0 Å². The van der Waals surface area contributed by atoms with Gasteiger partial charge in [0.2, 0.25) is 0 Å². The summed E-state index contributed by atoms with van der Waals surface area (Å²) in [5.41, 5.74) is 3.44. The molecule has 0 saturated carbocycles. The molecule has 9 heteroatoms. The number of nitrogens with one attached hydrogen (secondary N) is 2. The molecule has 1 fully saturated rings. The lowest BCUT2D eigenvalue weighted by Crippen LogP contribution is -2.48. The van der Waals surface area contributed by atoms with Gasteiger partial charge < -0.3 is 29.7 Å². The zero-order valence-electron chi connectivity index (χ0n) is 21.2. The van der Waals surface area contributed by atoms with Gasteiger partial charge in [-0.25, -0.2) is 4.79 Å². The Balaban J connectivity index is 1.94. The van der Waals surface area contributed by atoms with E-state index in [0.717, 1.165) is 11.3 Å². The maximum absolute atomic E-state index is 13.0. The van der Waals surface area contributed by atoms with E-state index in [0.29, 0.717) is 49.2 Å². The van der Waals surface area contributed by atoms with Crippen molar-refractivity contribution < 1.29 is 23.8 Å². The number of carbonyl (C=O) groups excluding carboxylic acids is 2. The Morgan fingerprint density at radius 3 is 2.56 bits per heavy atom. The molecule has 2 atom stereocenters. The molecular weight excluding hydrogens is 460 g/mol. The normalized spacial score (nSPS) is 16.2. The lowest BCUT2D eigenvalue weighted by Gasteiger charge is -2.40. The maximum atomic E-state index is 13.0. The summed E-state index contributed by atoms with van der Waals surface area (Å²) < 4.78 is 16.0. The predicted molar refractivity (Wildman–Crippen MR) is 138 cm³/mol. The topological polar surface area (TPSA) is 113 Å². The van der Waals surface area contributed by atoms with Crippen molar-refractivity contribution in [3.8, 4) is 6.07 Å². The van der Waals surface area contributed by atoms with Crippen LogP contribution in [0.15, 0.2) is 42.5 Å². The van der Waals surface area contributed by atoms with Gasteiger partial charge in [-0.2, -0.15) is 5.26 Å². The van der Waals surface area contributed by atoms with E-state index in [1.165, 1.54) is 7.11 Å². The molecule has 0 bridgehead atoms. The summed E-state index contributed by atoms with van der Waals surface area (Å²) in [5.74, 6) is -0.225. The summed E-state index contributed by atoms with van der Waals surface area (Å²) in [7, 11) is 2.95. The predicted octanol–water partition coefficient (Wildman–Crippen LogP) is 4.36. The number of nitrogens with zero attached hydrogens (tertiary/aromatic N) is 2. The van der Waals surface area contributed by atoms with Crippen molar-refractivity contribution in [1.29, 1.82) is 5.26 Å². The summed E-state index contributed by atoms with van der Waals surface area (Å²) >= 11 is 0. The zero-order valence-corrected chi connectivity index (χ0v) is 21.2. The molecule has 3 rings (SSSR count). The molecule has 192 valence electrons. The largest absolute Gasteiger partial charge is 0.469 e. The lowest BCUT2D eigenvalue weighted by molar-refractivity contribution is -0.141. The molecule has 1 aliphatic heterocycles. The summed E-state index contributed by atoms with van der Waals surface area (Å²) in [4.78, 5) is 27.3. The maximum Gasteiger partial charge on any atom is 0.323 e. The SMILES string of the molecule is COCC(CC(=O)OC)c1ccc(N2CCOC[C@@H]2C(C)C)c(NC(=O)Nc2ccc(C#N)cc2)c1. The number of amides is 2. The summed E-state index contributed by atoms with van der Waals surface area (Å²) in [6.07, 6.45) is 0.159. The van der Waals surface area contributed by atoms with Crippen LogP contribution in [0.5, 0.6) is 0 Å². The minimum Gasteiger partial charge on any atom is -0.469 e. The van der Waals surface area contributed by atoms with Crippen LogP contribution >= 0.6 is 0 Å². The number of nitriles is 1. The highest BCUT2D eigenvalue weighted by Crippen LogP contribution is 2.35. The molecule has 36 heavy (non-hydrogen) atoms. The van der Waals surface area contributed by atoms with Crippen molar-refractivity contribution in [3.05, 3.63) is 53.6 Å². The van der Waals surface area contributed by atoms with Gasteiger partial charge in [0.15, 0.2) is 0 Å². The third-order valence-electron chi connectivity index (χ3n) is 6.27. The van der Waals surface area contributed by atoms with Crippen molar-refractivity contribution in [2.75, 3.05) is 56.1 Å². The summed E-state index contributed by atoms with van der Waals surface area (Å²) in [5, 5.41) is 14.8. The molecule has 2 aromatic carbocycles. The van der Waals surface area contributed by atoms with Gasteiger partial charge in [0.05, 0.1) is 62.4 Å². The minimum absolute atomic E-state index is 0.150. The number of esters is 1. The van der Waals surface area contributed by atoms with Crippen LogP contribution in [-0.2, 0) is 19.0 Å². The highest BCUT2D eigenvalue weighted by Gasteiger charge is 2.29. The molecule has 0 aromatic heterocycles. The van der Waals surface area contributed by atoms with Crippen molar-refractivity contribution in [2.45, 2.75) is 32.2 Å². The van der Waals surface area contributed by atoms with Gasteiger partial charge in [0, 0.05) is 25.3 Å². The van der Waals surface area contributed by atoms with Gasteiger partial charge in [0.1, 0.15) is 0 Å². The van der Waals surface area contributed by atoms with E-state index in [4.69, 9.17) is 19.5 Å². The van der Waals surface area contributed by atoms with Gasteiger partial charge in [0.25, 0.3) is 0 Å². The first-order valence-electron chi connectivity index (χ1n) is 12.0. The monoisotopic (exact) mass is 494 g/mol. The first-order valence-corrected chi connectivity index (χ1v) is 12.0.